The van der Waals surface area contributed by atoms with Crippen molar-refractivity contribution >= 4 is 11.9 Å². The summed E-state index contributed by atoms with van der Waals surface area (Å²) in [5, 5.41) is 0. The second-order valence-electron chi connectivity index (χ2n) is 12.9. The van der Waals surface area contributed by atoms with E-state index in [9.17, 15) is 9.59 Å². The Bertz CT molecular complexity index is 1320. The fourth-order valence-electron chi connectivity index (χ4n) is 8.04. The van der Waals surface area contributed by atoms with Crippen LogP contribution in [0.2, 0.25) is 0 Å². The molecule has 1 spiro atoms. The van der Waals surface area contributed by atoms with Gasteiger partial charge in [-0.05, 0) is 90.5 Å². The highest BCUT2D eigenvalue weighted by Crippen LogP contribution is 3.04. The third-order valence-electron chi connectivity index (χ3n) is 10.5. The minimum atomic E-state index is -0.574. The first-order valence-corrected chi connectivity index (χ1v) is 15.7. The largest absolute Gasteiger partial charge is 0.494 e. The highest BCUT2D eigenvalue weighted by atomic mass is 16.7. The Balaban J connectivity index is 0.776. The molecule has 2 aliphatic heterocycles. The first-order valence-electron chi connectivity index (χ1n) is 15.7. The molecule has 2 aromatic carbocycles. The van der Waals surface area contributed by atoms with Crippen molar-refractivity contribution in [1.82, 2.24) is 0 Å². The summed E-state index contributed by atoms with van der Waals surface area (Å²) >= 11 is 0. The Kier molecular flexibility index (Phi) is 6.48. The second-order valence-corrected chi connectivity index (χ2v) is 12.9. The predicted octanol–water partition coefficient (Wildman–Crippen LogP) is 5.09. The number of hydrogen-bond acceptors (Lipinski definition) is 8. The van der Waals surface area contributed by atoms with Crippen molar-refractivity contribution in [2.75, 3.05) is 26.4 Å². The lowest BCUT2D eigenvalue weighted by atomic mass is 9.94. The van der Waals surface area contributed by atoms with Gasteiger partial charge < -0.3 is 28.4 Å². The highest BCUT2D eigenvalue weighted by Gasteiger charge is 3.01. The second kappa shape index (κ2) is 10.3. The molecular formula is C34H38O8. The number of esters is 2. The van der Waals surface area contributed by atoms with Gasteiger partial charge in [-0.1, -0.05) is 26.2 Å². The van der Waals surface area contributed by atoms with Crippen LogP contribution >= 0.6 is 0 Å². The normalized spacial score (nSPS) is 37.3. The molecule has 222 valence electrons. The number of carbonyl (C=O) groups excluding carboxylic acids is 2. The van der Waals surface area contributed by atoms with E-state index in [2.05, 4.69) is 6.92 Å². The van der Waals surface area contributed by atoms with E-state index in [1.165, 1.54) is 19.3 Å². The van der Waals surface area contributed by atoms with Crippen LogP contribution in [0.5, 0.6) is 11.5 Å². The lowest BCUT2D eigenvalue weighted by molar-refractivity contribution is -0.0287. The van der Waals surface area contributed by atoms with Gasteiger partial charge in [0.25, 0.3) is 0 Å². The first kappa shape index (κ1) is 26.5. The fraction of sp³-hybridized carbons (Fsp3) is 0.588. The van der Waals surface area contributed by atoms with Gasteiger partial charge in [0, 0.05) is 5.92 Å². The van der Waals surface area contributed by atoms with Crippen LogP contribution in [0.4, 0.5) is 0 Å². The lowest BCUT2D eigenvalue weighted by Gasteiger charge is -2.18. The van der Waals surface area contributed by atoms with Gasteiger partial charge in [0.1, 0.15) is 23.7 Å². The van der Waals surface area contributed by atoms with E-state index >= 15 is 0 Å². The molecule has 8 atom stereocenters. The van der Waals surface area contributed by atoms with Gasteiger partial charge in [0.05, 0.1) is 37.6 Å². The Hall–Kier alpha value is -3.10. The van der Waals surface area contributed by atoms with Gasteiger partial charge in [-0.3, -0.25) is 0 Å². The summed E-state index contributed by atoms with van der Waals surface area (Å²) in [5.41, 5.74) is 1.69. The van der Waals surface area contributed by atoms with Crippen LogP contribution in [-0.2, 0) is 18.9 Å². The van der Waals surface area contributed by atoms with Gasteiger partial charge in [-0.25, -0.2) is 9.59 Å². The molecule has 8 heteroatoms. The molecule has 0 aromatic heterocycles. The van der Waals surface area contributed by atoms with Crippen LogP contribution in [0.3, 0.4) is 0 Å². The quantitative estimate of drug-likeness (QED) is 0.242. The summed E-state index contributed by atoms with van der Waals surface area (Å²) in [6, 6.07) is 14.1. The topological polar surface area (TPSA) is 89.5 Å². The monoisotopic (exact) mass is 574 g/mol. The molecular weight excluding hydrogens is 536 g/mol. The Morgan fingerprint density at radius 3 is 1.81 bits per heavy atom. The molecule has 8 rings (SSSR count). The maximum Gasteiger partial charge on any atom is 0.338 e. The fourth-order valence-corrected chi connectivity index (χ4v) is 8.04. The van der Waals surface area contributed by atoms with Gasteiger partial charge in [-0.2, -0.15) is 0 Å². The van der Waals surface area contributed by atoms with Gasteiger partial charge in [0.15, 0.2) is 12.2 Å². The number of ether oxygens (including phenoxy) is 6. The first-order chi connectivity index (χ1) is 20.6. The highest BCUT2D eigenvalue weighted by molar-refractivity contribution is 5.90. The number of unbranched alkanes of at least 4 members (excludes halogenated alkanes) is 3. The molecule has 4 unspecified atom stereocenters. The Morgan fingerprint density at radius 2 is 1.31 bits per heavy atom. The molecule has 6 fully saturated rings. The average molecular weight is 575 g/mol. The van der Waals surface area contributed by atoms with Crippen molar-refractivity contribution in [2.24, 2.45) is 35.0 Å². The SMILES string of the molecule is CCCCCCOc1ccc(C(=O)O[C@@H]2CO[C@H]3[C@@H]2OC[C@@H]3OC(=O)c2ccc(OCC3C4C3C43C4CC43)cc2)cc1. The molecule has 4 aliphatic carbocycles. The standard InChI is InChI=1S/C34H38O8/c1-2-3-4-5-14-37-21-10-6-19(7-11-21)32(35)41-26-17-39-31-27(18-40-30(26)31)42-33(36)20-8-12-22(13-9-20)38-16-23-28-29(23)34(28)24-15-25(24)34/h6-13,23-31H,2-5,14-18H2,1H3/t23?,24?,25?,26-,27+,28?,29?,30-,31-,34?/m1/s1. The smallest absolute Gasteiger partial charge is 0.338 e. The maximum atomic E-state index is 12.9. The summed E-state index contributed by atoms with van der Waals surface area (Å²) in [4.78, 5) is 25.6. The molecule has 2 saturated heterocycles. The van der Waals surface area contributed by atoms with Crippen molar-refractivity contribution in [3.63, 3.8) is 0 Å². The van der Waals surface area contributed by atoms with Crippen LogP contribution in [0.1, 0.15) is 59.7 Å². The van der Waals surface area contributed by atoms with Crippen molar-refractivity contribution in [2.45, 2.75) is 63.4 Å². The van der Waals surface area contributed by atoms with Crippen LogP contribution in [0, 0.1) is 35.0 Å². The van der Waals surface area contributed by atoms with E-state index in [0.717, 1.165) is 66.0 Å². The molecule has 0 radical (unpaired) electrons. The third kappa shape index (κ3) is 4.49. The van der Waals surface area contributed by atoms with E-state index in [1.54, 1.807) is 36.4 Å². The summed E-state index contributed by atoms with van der Waals surface area (Å²) in [7, 11) is 0. The number of benzene rings is 2. The molecule has 8 nitrogen and oxygen atoms in total. The van der Waals surface area contributed by atoms with Crippen LogP contribution in [-0.4, -0.2) is 62.8 Å². The average Bonchev–Trinajstić information content (AvgIpc) is 3.93. The number of hydrogen-bond donors (Lipinski definition) is 0. The number of carbonyl (C=O) groups is 2. The maximum absolute atomic E-state index is 12.9. The van der Waals surface area contributed by atoms with Crippen LogP contribution in [0.25, 0.3) is 0 Å². The third-order valence-corrected chi connectivity index (χ3v) is 10.5. The molecule has 2 aromatic rings. The van der Waals surface area contributed by atoms with E-state index in [4.69, 9.17) is 28.4 Å². The summed E-state index contributed by atoms with van der Waals surface area (Å²) in [5.74, 6) is 5.43. The molecule has 2 heterocycles. The zero-order valence-corrected chi connectivity index (χ0v) is 23.9. The number of rotatable bonds is 13. The minimum absolute atomic E-state index is 0.186. The molecule has 42 heavy (non-hydrogen) atoms. The minimum Gasteiger partial charge on any atom is -0.494 e. The summed E-state index contributed by atoms with van der Waals surface area (Å²) in [6.45, 7) is 4.00. The van der Waals surface area contributed by atoms with Crippen molar-refractivity contribution in [3.05, 3.63) is 59.7 Å². The van der Waals surface area contributed by atoms with Crippen molar-refractivity contribution in [1.29, 1.82) is 0 Å². The van der Waals surface area contributed by atoms with Crippen molar-refractivity contribution in [3.8, 4) is 11.5 Å². The molecule has 0 bridgehead atoms. The van der Waals surface area contributed by atoms with Crippen LogP contribution < -0.4 is 9.47 Å². The molecule has 0 amide bonds. The van der Waals surface area contributed by atoms with E-state index in [0.29, 0.717) is 17.7 Å². The van der Waals surface area contributed by atoms with Gasteiger partial charge in [0.2, 0.25) is 0 Å². The van der Waals surface area contributed by atoms with E-state index < -0.39 is 36.4 Å². The molecule has 6 aliphatic rings. The zero-order valence-electron chi connectivity index (χ0n) is 23.9. The summed E-state index contributed by atoms with van der Waals surface area (Å²) < 4.78 is 35.0. The number of fused-ring (bicyclic) bond motifs is 7. The van der Waals surface area contributed by atoms with E-state index in [-0.39, 0.29) is 13.2 Å². The Labute approximate surface area is 245 Å². The molecule has 4 saturated carbocycles. The van der Waals surface area contributed by atoms with Gasteiger partial charge in [-0.15, -0.1) is 0 Å². The van der Waals surface area contributed by atoms with E-state index in [1.807, 2.05) is 12.1 Å². The lowest BCUT2D eigenvalue weighted by Crippen LogP contribution is -2.36. The predicted molar refractivity (Wildman–Crippen MR) is 150 cm³/mol. The van der Waals surface area contributed by atoms with Gasteiger partial charge >= 0.3 is 11.9 Å². The van der Waals surface area contributed by atoms with Crippen molar-refractivity contribution < 1.29 is 38.0 Å². The molecule has 0 N–H and O–H groups in total. The zero-order chi connectivity index (χ0) is 28.4. The summed E-state index contributed by atoms with van der Waals surface area (Å²) in [6.07, 6.45) is 3.93. The Morgan fingerprint density at radius 1 is 0.762 bits per heavy atom. The van der Waals surface area contributed by atoms with Crippen LogP contribution in [0.15, 0.2) is 48.5 Å².